The van der Waals surface area contributed by atoms with Crippen LogP contribution in [0.15, 0.2) is 29.3 Å². The molecule has 2 heterocycles. The molecule has 0 radical (unpaired) electrons. The Morgan fingerprint density at radius 1 is 1.18 bits per heavy atom. The molecular formula is C22H37IN4O. The third-order valence-electron chi connectivity index (χ3n) is 5.53. The summed E-state index contributed by atoms with van der Waals surface area (Å²) in [6, 6.07) is 8.75. The second kappa shape index (κ2) is 12.6. The van der Waals surface area contributed by atoms with E-state index in [0.29, 0.717) is 12.6 Å². The summed E-state index contributed by atoms with van der Waals surface area (Å²) in [6.07, 6.45) is 5.32. The molecule has 6 heteroatoms. The molecule has 0 aliphatic carbocycles. The molecular weight excluding hydrogens is 463 g/mol. The van der Waals surface area contributed by atoms with Crippen LogP contribution in [0.3, 0.4) is 0 Å². The summed E-state index contributed by atoms with van der Waals surface area (Å²) in [5.74, 6) is 1.70. The van der Waals surface area contributed by atoms with Gasteiger partial charge in [0.25, 0.3) is 0 Å². The molecule has 2 saturated heterocycles. The highest BCUT2D eigenvalue weighted by Crippen LogP contribution is 2.20. The second-order valence-corrected chi connectivity index (χ2v) is 7.96. The summed E-state index contributed by atoms with van der Waals surface area (Å²) >= 11 is 0. The van der Waals surface area contributed by atoms with Crippen molar-refractivity contribution in [3.05, 3.63) is 35.4 Å². The number of rotatable bonds is 7. The van der Waals surface area contributed by atoms with Gasteiger partial charge in [0.05, 0.1) is 12.6 Å². The van der Waals surface area contributed by atoms with E-state index in [1.807, 2.05) is 0 Å². The summed E-state index contributed by atoms with van der Waals surface area (Å²) in [5.41, 5.74) is 2.73. The molecule has 0 spiro atoms. The Morgan fingerprint density at radius 2 is 2.00 bits per heavy atom. The molecule has 2 aliphatic heterocycles. The van der Waals surface area contributed by atoms with Gasteiger partial charge in [-0.25, -0.2) is 4.99 Å². The lowest BCUT2D eigenvalue weighted by Gasteiger charge is -2.31. The average molecular weight is 500 g/mol. The number of nitrogens with zero attached hydrogens (tertiary/aromatic N) is 2. The highest BCUT2D eigenvalue weighted by Gasteiger charge is 2.18. The predicted octanol–water partition coefficient (Wildman–Crippen LogP) is 3.77. The van der Waals surface area contributed by atoms with Crippen LogP contribution in [0.4, 0.5) is 0 Å². The lowest BCUT2D eigenvalue weighted by molar-refractivity contribution is 0.114. The van der Waals surface area contributed by atoms with E-state index in [1.54, 1.807) is 0 Å². The molecule has 1 aromatic rings. The number of hydrogen-bond acceptors (Lipinski definition) is 3. The van der Waals surface area contributed by atoms with E-state index < -0.39 is 0 Å². The highest BCUT2D eigenvalue weighted by atomic mass is 127. The van der Waals surface area contributed by atoms with Crippen LogP contribution in [0.1, 0.15) is 50.7 Å². The Balaban J connectivity index is 0.00000280. The fourth-order valence-corrected chi connectivity index (χ4v) is 4.06. The maximum absolute atomic E-state index is 5.71. The molecule has 3 rings (SSSR count). The molecule has 2 unspecified atom stereocenters. The van der Waals surface area contributed by atoms with Crippen LogP contribution in [-0.2, 0) is 17.8 Å². The lowest BCUT2D eigenvalue weighted by Crippen LogP contribution is -2.41. The smallest absolute Gasteiger partial charge is 0.191 e. The van der Waals surface area contributed by atoms with Crippen molar-refractivity contribution < 1.29 is 4.74 Å². The molecule has 0 saturated carbocycles. The number of hydrogen-bond donors (Lipinski definition) is 2. The molecule has 5 nitrogen and oxygen atoms in total. The fraction of sp³-hybridized carbons (Fsp3) is 0.682. The van der Waals surface area contributed by atoms with Gasteiger partial charge in [0.1, 0.15) is 0 Å². The zero-order valence-electron chi connectivity index (χ0n) is 17.5. The van der Waals surface area contributed by atoms with Crippen LogP contribution in [0.5, 0.6) is 0 Å². The first-order valence-corrected chi connectivity index (χ1v) is 10.7. The number of piperidine rings is 1. The van der Waals surface area contributed by atoms with E-state index >= 15 is 0 Å². The zero-order chi connectivity index (χ0) is 18.9. The topological polar surface area (TPSA) is 48.9 Å². The number of halogens is 1. The monoisotopic (exact) mass is 500 g/mol. The predicted molar refractivity (Wildman–Crippen MR) is 127 cm³/mol. The molecule has 2 atom stereocenters. The minimum atomic E-state index is 0. The van der Waals surface area contributed by atoms with Crippen molar-refractivity contribution in [2.24, 2.45) is 10.9 Å². The molecule has 28 heavy (non-hydrogen) atoms. The third-order valence-corrected chi connectivity index (χ3v) is 5.53. The summed E-state index contributed by atoms with van der Waals surface area (Å²) < 4.78 is 5.71. The Labute approximate surface area is 187 Å². The van der Waals surface area contributed by atoms with Gasteiger partial charge in [-0.1, -0.05) is 31.2 Å². The minimum absolute atomic E-state index is 0. The maximum Gasteiger partial charge on any atom is 0.191 e. The van der Waals surface area contributed by atoms with Gasteiger partial charge in [0.2, 0.25) is 0 Å². The van der Waals surface area contributed by atoms with Crippen LogP contribution < -0.4 is 10.6 Å². The van der Waals surface area contributed by atoms with Crippen molar-refractivity contribution in [3.63, 3.8) is 0 Å². The van der Waals surface area contributed by atoms with Crippen LogP contribution >= 0.6 is 24.0 Å². The van der Waals surface area contributed by atoms with E-state index in [0.717, 1.165) is 44.5 Å². The van der Waals surface area contributed by atoms with Gasteiger partial charge < -0.3 is 15.4 Å². The fourth-order valence-electron chi connectivity index (χ4n) is 4.06. The molecule has 2 aliphatic rings. The van der Waals surface area contributed by atoms with E-state index in [1.165, 1.54) is 43.5 Å². The normalized spacial score (nSPS) is 23.3. The van der Waals surface area contributed by atoms with E-state index in [9.17, 15) is 0 Å². The second-order valence-electron chi connectivity index (χ2n) is 7.96. The van der Waals surface area contributed by atoms with Gasteiger partial charge in [0, 0.05) is 32.8 Å². The summed E-state index contributed by atoms with van der Waals surface area (Å²) in [4.78, 5) is 7.43. The highest BCUT2D eigenvalue weighted by molar-refractivity contribution is 14.0. The SMILES string of the molecule is CCNC(=NCc1ccccc1CN1CCCC(C)C1)NCC1CCCO1.I. The maximum atomic E-state index is 5.71. The summed E-state index contributed by atoms with van der Waals surface area (Å²) in [6.45, 7) is 11.2. The number of guanidine groups is 1. The van der Waals surface area contributed by atoms with Crippen LogP contribution in [0.25, 0.3) is 0 Å². The van der Waals surface area contributed by atoms with Crippen LogP contribution in [-0.4, -0.2) is 49.7 Å². The minimum Gasteiger partial charge on any atom is -0.376 e. The average Bonchev–Trinajstić information content (AvgIpc) is 3.19. The van der Waals surface area contributed by atoms with E-state index in [2.05, 4.69) is 53.6 Å². The largest absolute Gasteiger partial charge is 0.376 e. The van der Waals surface area contributed by atoms with Crippen molar-refractivity contribution in [3.8, 4) is 0 Å². The number of benzene rings is 1. The number of nitrogens with one attached hydrogen (secondary N) is 2. The van der Waals surface area contributed by atoms with E-state index in [4.69, 9.17) is 9.73 Å². The standard InChI is InChI=1S/C22H36N4O.HI/c1-3-23-22(25-15-21-11-7-13-27-21)24-14-19-9-4-5-10-20(19)17-26-12-6-8-18(2)16-26;/h4-5,9-10,18,21H,3,6-8,11-17H2,1-2H3,(H2,23,24,25);1H. The molecule has 0 aromatic heterocycles. The first-order chi connectivity index (χ1) is 13.2. The van der Waals surface area contributed by atoms with E-state index in [-0.39, 0.29) is 24.0 Å². The number of aliphatic imine (C=N–C) groups is 1. The molecule has 158 valence electrons. The number of ether oxygens (including phenoxy) is 1. The molecule has 0 amide bonds. The summed E-state index contributed by atoms with van der Waals surface area (Å²) in [5, 5.41) is 6.80. The third kappa shape index (κ3) is 7.52. The van der Waals surface area contributed by atoms with Crippen molar-refractivity contribution in [2.45, 2.75) is 58.7 Å². The van der Waals surface area contributed by atoms with Gasteiger partial charge >= 0.3 is 0 Å². The van der Waals surface area contributed by atoms with Crippen molar-refractivity contribution in [1.82, 2.24) is 15.5 Å². The van der Waals surface area contributed by atoms with Crippen molar-refractivity contribution in [1.29, 1.82) is 0 Å². The zero-order valence-corrected chi connectivity index (χ0v) is 19.8. The number of likely N-dealkylation sites (tertiary alicyclic amines) is 1. The van der Waals surface area contributed by atoms with Crippen LogP contribution in [0.2, 0.25) is 0 Å². The van der Waals surface area contributed by atoms with Crippen molar-refractivity contribution in [2.75, 3.05) is 32.8 Å². The van der Waals surface area contributed by atoms with Gasteiger partial charge in [-0.2, -0.15) is 0 Å². The molecule has 1 aromatic carbocycles. The lowest BCUT2D eigenvalue weighted by atomic mass is 9.99. The Morgan fingerprint density at radius 3 is 2.71 bits per heavy atom. The quantitative estimate of drug-likeness (QED) is 0.340. The Kier molecular flexibility index (Phi) is 10.6. The molecule has 2 fully saturated rings. The Hall–Kier alpha value is -0.860. The first kappa shape index (κ1) is 23.4. The molecule has 2 N–H and O–H groups in total. The Bertz CT molecular complexity index is 604. The van der Waals surface area contributed by atoms with Crippen molar-refractivity contribution >= 4 is 29.9 Å². The van der Waals surface area contributed by atoms with Crippen LogP contribution in [0, 0.1) is 5.92 Å². The van der Waals surface area contributed by atoms with Gasteiger partial charge in [-0.15, -0.1) is 24.0 Å². The first-order valence-electron chi connectivity index (χ1n) is 10.7. The van der Waals surface area contributed by atoms with Gasteiger partial charge in [-0.3, -0.25) is 4.90 Å². The van der Waals surface area contributed by atoms with Gasteiger partial charge in [-0.05, 0) is 56.2 Å². The van der Waals surface area contributed by atoms with Gasteiger partial charge in [0.15, 0.2) is 5.96 Å². The molecule has 0 bridgehead atoms. The summed E-state index contributed by atoms with van der Waals surface area (Å²) in [7, 11) is 0.